The molecule has 8 nitrogen and oxygen atoms in total. The maximum absolute atomic E-state index is 13.3. The van der Waals surface area contributed by atoms with Gasteiger partial charge in [-0.3, -0.25) is 0 Å². The summed E-state index contributed by atoms with van der Waals surface area (Å²) >= 11 is 0. The molecule has 3 rings (SSSR count). The Balaban J connectivity index is 1.73. The van der Waals surface area contributed by atoms with Crippen molar-refractivity contribution in [3.8, 4) is 5.75 Å². The first-order chi connectivity index (χ1) is 21.1. The number of amides is 2. The van der Waals surface area contributed by atoms with Gasteiger partial charge in [-0.1, -0.05) is 99.5 Å². The summed E-state index contributed by atoms with van der Waals surface area (Å²) in [6.07, 6.45) is -0.147. The lowest BCUT2D eigenvalue weighted by Gasteiger charge is -2.32. The summed E-state index contributed by atoms with van der Waals surface area (Å²) in [6.45, 7) is 10.5. The quantitative estimate of drug-likeness (QED) is 0.191. The van der Waals surface area contributed by atoms with Gasteiger partial charge in [0, 0.05) is 6.54 Å². The topological polar surface area (TPSA) is 97.3 Å². The van der Waals surface area contributed by atoms with Crippen LogP contribution in [-0.4, -0.2) is 53.0 Å². The normalized spacial score (nSPS) is 12.7. The smallest absolute Gasteiger partial charge is 0.410 e. The lowest BCUT2D eigenvalue weighted by molar-refractivity contribution is 0.0315. The number of rotatable bonds is 15. The second kappa shape index (κ2) is 17.3. The third-order valence-electron chi connectivity index (χ3n) is 7.30. The lowest BCUT2D eigenvalue weighted by Crippen LogP contribution is -2.52. The molecule has 0 heterocycles. The maximum atomic E-state index is 13.3. The monoisotopic (exact) mass is 604 g/mol. The number of nitrogens with zero attached hydrogens (tertiary/aromatic N) is 1. The second-order valence-electron chi connectivity index (χ2n) is 12.1. The minimum absolute atomic E-state index is 0.0111. The first kappa shape index (κ1) is 34.5. The predicted molar refractivity (Wildman–Crippen MR) is 172 cm³/mol. The van der Waals surface area contributed by atoms with E-state index in [1.807, 2.05) is 84.9 Å². The van der Waals surface area contributed by atoms with Gasteiger partial charge < -0.3 is 29.5 Å². The number of aliphatic hydroxyl groups excluding tert-OH is 1. The van der Waals surface area contributed by atoms with E-state index in [1.165, 1.54) is 0 Å². The summed E-state index contributed by atoms with van der Waals surface area (Å²) in [5.41, 5.74) is 2.13. The van der Waals surface area contributed by atoms with E-state index < -0.39 is 29.9 Å². The van der Waals surface area contributed by atoms with Gasteiger partial charge in [0.2, 0.25) is 0 Å². The van der Waals surface area contributed by atoms with Crippen molar-refractivity contribution in [2.75, 3.05) is 13.1 Å². The van der Waals surface area contributed by atoms with E-state index >= 15 is 0 Å². The fourth-order valence-corrected chi connectivity index (χ4v) is 4.70. The van der Waals surface area contributed by atoms with Crippen molar-refractivity contribution in [3.05, 3.63) is 102 Å². The van der Waals surface area contributed by atoms with Crippen LogP contribution in [0.25, 0.3) is 0 Å². The number of nitrogens with one attached hydrogen (secondary N) is 1. The van der Waals surface area contributed by atoms with Crippen molar-refractivity contribution in [1.29, 1.82) is 0 Å². The molecule has 8 heteroatoms. The number of hydrogen-bond donors (Lipinski definition) is 2. The molecule has 0 radical (unpaired) electrons. The Kier molecular flexibility index (Phi) is 13.5. The number of hydrogen-bond acceptors (Lipinski definition) is 6. The Hall–Kier alpha value is -4.04. The molecule has 44 heavy (non-hydrogen) atoms. The molecular weight excluding hydrogens is 556 g/mol. The fraction of sp³-hybridized carbons (Fsp3) is 0.444. The molecule has 0 fully saturated rings. The molecule has 0 saturated heterocycles. The van der Waals surface area contributed by atoms with E-state index in [0.717, 1.165) is 29.5 Å². The van der Waals surface area contributed by atoms with Gasteiger partial charge in [-0.15, -0.1) is 0 Å². The zero-order valence-corrected chi connectivity index (χ0v) is 26.7. The second-order valence-corrected chi connectivity index (χ2v) is 12.1. The highest BCUT2D eigenvalue weighted by Gasteiger charge is 2.29. The summed E-state index contributed by atoms with van der Waals surface area (Å²) in [6, 6.07) is 26.2. The highest BCUT2D eigenvalue weighted by Crippen LogP contribution is 2.18. The Morgan fingerprint density at radius 3 is 1.91 bits per heavy atom. The zero-order valence-electron chi connectivity index (χ0n) is 26.7. The molecule has 2 atom stereocenters. The van der Waals surface area contributed by atoms with Gasteiger partial charge in [-0.25, -0.2) is 9.59 Å². The molecule has 0 aliphatic heterocycles. The Bertz CT molecular complexity index is 1260. The molecule has 2 N–H and O–H groups in total. The minimum Gasteiger partial charge on any atom is -0.489 e. The van der Waals surface area contributed by atoms with Gasteiger partial charge in [-0.2, -0.15) is 0 Å². The van der Waals surface area contributed by atoms with Crippen LogP contribution < -0.4 is 10.1 Å². The number of benzene rings is 3. The highest BCUT2D eigenvalue weighted by atomic mass is 16.6. The van der Waals surface area contributed by atoms with Gasteiger partial charge in [0.1, 0.15) is 24.6 Å². The summed E-state index contributed by atoms with van der Waals surface area (Å²) in [7, 11) is 0. The fourth-order valence-electron chi connectivity index (χ4n) is 4.70. The Morgan fingerprint density at radius 2 is 1.36 bits per heavy atom. The van der Waals surface area contributed by atoms with Gasteiger partial charge in [0.25, 0.3) is 0 Å². The number of carbonyl (C=O) groups excluding carboxylic acids is 2. The maximum Gasteiger partial charge on any atom is 0.410 e. The Labute approximate surface area is 262 Å². The van der Waals surface area contributed by atoms with E-state index in [9.17, 15) is 14.7 Å². The Morgan fingerprint density at radius 1 is 0.795 bits per heavy atom. The zero-order chi connectivity index (χ0) is 32.0. The molecule has 0 aromatic heterocycles. The largest absolute Gasteiger partial charge is 0.489 e. The molecule has 0 aliphatic rings. The van der Waals surface area contributed by atoms with Crippen LogP contribution in [0.4, 0.5) is 9.59 Å². The van der Waals surface area contributed by atoms with Crippen LogP contribution in [0.1, 0.15) is 64.2 Å². The third kappa shape index (κ3) is 12.3. The highest BCUT2D eigenvalue weighted by molar-refractivity contribution is 5.69. The molecule has 0 saturated carbocycles. The third-order valence-corrected chi connectivity index (χ3v) is 7.30. The number of alkyl carbamates (subject to hydrolysis) is 1. The van der Waals surface area contributed by atoms with Crippen LogP contribution >= 0.6 is 0 Å². The molecule has 0 aliphatic carbocycles. The average Bonchev–Trinajstić information content (AvgIpc) is 3.01. The van der Waals surface area contributed by atoms with E-state index in [4.69, 9.17) is 14.2 Å². The van der Waals surface area contributed by atoms with E-state index in [0.29, 0.717) is 25.3 Å². The molecule has 238 valence electrons. The van der Waals surface area contributed by atoms with Crippen LogP contribution in [0.15, 0.2) is 84.9 Å². The van der Waals surface area contributed by atoms with Crippen LogP contribution in [0, 0.1) is 5.92 Å². The van der Waals surface area contributed by atoms with Crippen molar-refractivity contribution in [3.63, 3.8) is 0 Å². The average molecular weight is 605 g/mol. The van der Waals surface area contributed by atoms with E-state index in [-0.39, 0.29) is 19.1 Å². The molecule has 0 unspecified atom stereocenters. The van der Waals surface area contributed by atoms with Crippen LogP contribution in [0.3, 0.4) is 0 Å². The van der Waals surface area contributed by atoms with Crippen molar-refractivity contribution >= 4 is 12.2 Å². The SMILES string of the molecule is CCC(CC)CN(C[C@@H](O)[C@@H](Cc1ccc(OCc2ccccc2)cc1)NC(=O)OC(C)(C)C)C(=O)OCc1ccccc1. The first-order valence-corrected chi connectivity index (χ1v) is 15.4. The molecule has 0 spiro atoms. The van der Waals surface area contributed by atoms with Crippen molar-refractivity contribution in [2.24, 2.45) is 5.92 Å². The van der Waals surface area contributed by atoms with Crippen molar-refractivity contribution in [1.82, 2.24) is 10.2 Å². The molecular formula is C36H48N2O6. The summed E-state index contributed by atoms with van der Waals surface area (Å²) < 4.78 is 17.1. The van der Waals surface area contributed by atoms with E-state index in [1.54, 1.807) is 25.7 Å². The molecule has 3 aromatic carbocycles. The van der Waals surface area contributed by atoms with Gasteiger partial charge in [0.15, 0.2) is 0 Å². The van der Waals surface area contributed by atoms with E-state index in [2.05, 4.69) is 19.2 Å². The van der Waals surface area contributed by atoms with Gasteiger partial charge >= 0.3 is 12.2 Å². The molecule has 2 amide bonds. The first-order valence-electron chi connectivity index (χ1n) is 15.4. The summed E-state index contributed by atoms with van der Waals surface area (Å²) in [5.74, 6) is 0.958. The number of ether oxygens (including phenoxy) is 3. The van der Waals surface area contributed by atoms with Crippen LogP contribution in [0.5, 0.6) is 5.75 Å². The molecule has 0 bridgehead atoms. The summed E-state index contributed by atoms with van der Waals surface area (Å²) in [5, 5.41) is 14.3. The molecule has 3 aromatic rings. The summed E-state index contributed by atoms with van der Waals surface area (Å²) in [4.78, 5) is 27.6. The minimum atomic E-state index is -1.09. The van der Waals surface area contributed by atoms with Crippen LogP contribution in [0.2, 0.25) is 0 Å². The standard InChI is InChI=1S/C36H48N2O6/c1-6-27(7-2)23-38(35(41)43-26-30-16-12-9-13-17-30)24-33(39)32(37-34(40)44-36(3,4)5)22-28-18-20-31(21-19-28)42-25-29-14-10-8-11-15-29/h8-21,27,32-33,39H,6-7,22-26H2,1-5H3,(H,37,40)/t32-,33-/m1/s1. The number of aliphatic hydroxyl groups is 1. The number of carbonyl (C=O) groups is 2. The van der Waals surface area contributed by atoms with Crippen LogP contribution in [-0.2, 0) is 29.1 Å². The van der Waals surface area contributed by atoms with Gasteiger partial charge in [0.05, 0.1) is 18.7 Å². The van der Waals surface area contributed by atoms with Crippen molar-refractivity contribution in [2.45, 2.75) is 84.8 Å². The lowest BCUT2D eigenvalue weighted by atomic mass is 9.99. The predicted octanol–water partition coefficient (Wildman–Crippen LogP) is 7.14. The van der Waals surface area contributed by atoms with Gasteiger partial charge in [-0.05, 0) is 61.9 Å². The van der Waals surface area contributed by atoms with Crippen molar-refractivity contribution < 1.29 is 28.9 Å².